The smallest absolute Gasteiger partial charge is 0.0777 e. The van der Waals surface area contributed by atoms with Crippen molar-refractivity contribution in [1.29, 1.82) is 0 Å². The van der Waals surface area contributed by atoms with Gasteiger partial charge in [-0.15, -0.1) is 0 Å². The van der Waals surface area contributed by atoms with Gasteiger partial charge < -0.3 is 10.5 Å². The van der Waals surface area contributed by atoms with E-state index >= 15 is 0 Å². The molecule has 3 heteroatoms. The van der Waals surface area contributed by atoms with Crippen molar-refractivity contribution >= 4 is 0 Å². The lowest BCUT2D eigenvalue weighted by Crippen LogP contribution is -2.50. The van der Waals surface area contributed by atoms with Crippen LogP contribution < -0.4 is 5.73 Å². The minimum Gasteiger partial charge on any atom is -0.377 e. The summed E-state index contributed by atoms with van der Waals surface area (Å²) in [4.78, 5) is 2.60. The summed E-state index contributed by atoms with van der Waals surface area (Å²) >= 11 is 0. The quantitative estimate of drug-likeness (QED) is 0.751. The van der Waals surface area contributed by atoms with Crippen molar-refractivity contribution in [2.24, 2.45) is 5.73 Å². The highest BCUT2D eigenvalue weighted by Gasteiger charge is 2.36. The molecular weight excluding hydrogens is 188 g/mol. The largest absolute Gasteiger partial charge is 0.377 e. The van der Waals surface area contributed by atoms with E-state index in [2.05, 4.69) is 11.8 Å². The molecule has 0 aromatic carbocycles. The first-order valence-electron chi connectivity index (χ1n) is 6.18. The first-order chi connectivity index (χ1) is 7.13. The summed E-state index contributed by atoms with van der Waals surface area (Å²) in [5, 5.41) is 0. The zero-order valence-electron chi connectivity index (χ0n) is 10.0. The Labute approximate surface area is 93.0 Å². The summed E-state index contributed by atoms with van der Waals surface area (Å²) < 4.78 is 5.62. The maximum absolute atomic E-state index is 5.97. The van der Waals surface area contributed by atoms with Crippen LogP contribution in [0, 0.1) is 0 Å². The van der Waals surface area contributed by atoms with Crippen LogP contribution in [0.1, 0.15) is 39.0 Å². The van der Waals surface area contributed by atoms with E-state index in [1.54, 1.807) is 0 Å². The molecule has 15 heavy (non-hydrogen) atoms. The molecule has 3 atom stereocenters. The molecule has 2 rings (SSSR count). The molecule has 0 aromatic heterocycles. The van der Waals surface area contributed by atoms with Gasteiger partial charge >= 0.3 is 0 Å². The maximum atomic E-state index is 5.97. The molecule has 1 aliphatic carbocycles. The Kier molecular flexibility index (Phi) is 3.33. The summed E-state index contributed by atoms with van der Waals surface area (Å²) in [5.41, 5.74) is 6.05. The Balaban J connectivity index is 1.92. The van der Waals surface area contributed by atoms with Gasteiger partial charge in [-0.3, -0.25) is 4.90 Å². The van der Waals surface area contributed by atoms with Gasteiger partial charge in [0.1, 0.15) is 0 Å². The molecule has 3 unspecified atom stereocenters. The van der Waals surface area contributed by atoms with Gasteiger partial charge in [0.15, 0.2) is 0 Å². The van der Waals surface area contributed by atoms with Gasteiger partial charge in [0.2, 0.25) is 0 Å². The zero-order chi connectivity index (χ0) is 10.9. The van der Waals surface area contributed by atoms with E-state index in [1.165, 1.54) is 38.6 Å². The molecule has 1 heterocycles. The molecule has 2 fully saturated rings. The van der Waals surface area contributed by atoms with E-state index in [9.17, 15) is 0 Å². The SMILES string of the molecule is COC1(C)CCCN(C2CCC(N)C2)C1. The number of rotatable bonds is 2. The van der Waals surface area contributed by atoms with Gasteiger partial charge in [0, 0.05) is 25.7 Å². The molecule has 2 N–H and O–H groups in total. The van der Waals surface area contributed by atoms with Crippen LogP contribution in [-0.2, 0) is 4.74 Å². The lowest BCUT2D eigenvalue weighted by Gasteiger charge is -2.42. The van der Waals surface area contributed by atoms with Crippen molar-refractivity contribution in [2.45, 2.75) is 56.7 Å². The van der Waals surface area contributed by atoms with E-state index in [0.717, 1.165) is 12.6 Å². The number of likely N-dealkylation sites (tertiary alicyclic amines) is 1. The fourth-order valence-electron chi connectivity index (χ4n) is 3.05. The number of nitrogens with two attached hydrogens (primary N) is 1. The molecule has 0 aromatic rings. The maximum Gasteiger partial charge on any atom is 0.0777 e. The Morgan fingerprint density at radius 3 is 2.80 bits per heavy atom. The first kappa shape index (κ1) is 11.4. The highest BCUT2D eigenvalue weighted by atomic mass is 16.5. The Bertz CT molecular complexity index is 222. The molecule has 0 radical (unpaired) electrons. The second-order valence-electron chi connectivity index (χ2n) is 5.46. The van der Waals surface area contributed by atoms with Crippen LogP contribution in [0.2, 0.25) is 0 Å². The zero-order valence-corrected chi connectivity index (χ0v) is 10.0. The predicted octanol–water partition coefficient (Wildman–Crippen LogP) is 1.37. The van der Waals surface area contributed by atoms with Crippen LogP contribution >= 0.6 is 0 Å². The summed E-state index contributed by atoms with van der Waals surface area (Å²) in [6.45, 7) is 4.55. The molecule has 0 spiro atoms. The van der Waals surface area contributed by atoms with Crippen LogP contribution in [0.3, 0.4) is 0 Å². The standard InChI is InChI=1S/C12H24N2O/c1-12(15-2)6-3-7-14(9-12)11-5-4-10(13)8-11/h10-11H,3-9,13H2,1-2H3. The third kappa shape index (κ3) is 2.52. The van der Waals surface area contributed by atoms with E-state index in [4.69, 9.17) is 10.5 Å². The molecule has 3 nitrogen and oxygen atoms in total. The van der Waals surface area contributed by atoms with Crippen LogP contribution in [0.4, 0.5) is 0 Å². The minimum atomic E-state index is 0.0743. The lowest BCUT2D eigenvalue weighted by atomic mass is 9.93. The molecule has 1 saturated heterocycles. The van der Waals surface area contributed by atoms with E-state index in [1.807, 2.05) is 7.11 Å². The second-order valence-corrected chi connectivity index (χ2v) is 5.46. The number of nitrogens with zero attached hydrogens (tertiary/aromatic N) is 1. The van der Waals surface area contributed by atoms with Crippen LogP contribution in [0.25, 0.3) is 0 Å². The van der Waals surface area contributed by atoms with Crippen LogP contribution in [0.15, 0.2) is 0 Å². The molecule has 88 valence electrons. The van der Waals surface area contributed by atoms with E-state index in [-0.39, 0.29) is 5.60 Å². The lowest BCUT2D eigenvalue weighted by molar-refractivity contribution is -0.0606. The van der Waals surface area contributed by atoms with E-state index < -0.39 is 0 Å². The van der Waals surface area contributed by atoms with Gasteiger partial charge in [-0.25, -0.2) is 0 Å². The summed E-state index contributed by atoms with van der Waals surface area (Å²) in [6.07, 6.45) is 6.11. The van der Waals surface area contributed by atoms with Gasteiger partial charge in [0.05, 0.1) is 5.60 Å². The normalized spacial score (nSPS) is 43.4. The van der Waals surface area contributed by atoms with Crippen molar-refractivity contribution in [3.05, 3.63) is 0 Å². The predicted molar refractivity (Wildman–Crippen MR) is 61.8 cm³/mol. The van der Waals surface area contributed by atoms with Gasteiger partial charge in [-0.2, -0.15) is 0 Å². The monoisotopic (exact) mass is 212 g/mol. The summed E-state index contributed by atoms with van der Waals surface area (Å²) in [7, 11) is 1.84. The molecule has 0 amide bonds. The molecule has 1 saturated carbocycles. The highest BCUT2D eigenvalue weighted by molar-refractivity contribution is 4.91. The van der Waals surface area contributed by atoms with Crippen molar-refractivity contribution in [3.8, 4) is 0 Å². The van der Waals surface area contributed by atoms with Crippen molar-refractivity contribution < 1.29 is 4.74 Å². The number of methoxy groups -OCH3 is 1. The summed E-state index contributed by atoms with van der Waals surface area (Å²) in [5.74, 6) is 0. The van der Waals surface area contributed by atoms with Crippen molar-refractivity contribution in [2.75, 3.05) is 20.2 Å². The minimum absolute atomic E-state index is 0.0743. The second kappa shape index (κ2) is 4.40. The van der Waals surface area contributed by atoms with E-state index in [0.29, 0.717) is 6.04 Å². The third-order valence-corrected chi connectivity index (χ3v) is 4.14. The fraction of sp³-hybridized carbons (Fsp3) is 1.00. The summed E-state index contributed by atoms with van der Waals surface area (Å²) in [6, 6.07) is 1.15. The average molecular weight is 212 g/mol. The first-order valence-corrected chi connectivity index (χ1v) is 6.18. The fourth-order valence-corrected chi connectivity index (χ4v) is 3.05. The highest BCUT2D eigenvalue weighted by Crippen LogP contribution is 2.30. The Morgan fingerprint density at radius 1 is 1.40 bits per heavy atom. The number of piperidine rings is 1. The molecule has 0 bridgehead atoms. The van der Waals surface area contributed by atoms with Crippen molar-refractivity contribution in [1.82, 2.24) is 4.90 Å². The number of hydrogen-bond acceptors (Lipinski definition) is 3. The Hall–Kier alpha value is -0.120. The topological polar surface area (TPSA) is 38.5 Å². The molecule has 2 aliphatic rings. The molecular formula is C12H24N2O. The van der Waals surface area contributed by atoms with Crippen LogP contribution in [0.5, 0.6) is 0 Å². The van der Waals surface area contributed by atoms with Gasteiger partial charge in [0.25, 0.3) is 0 Å². The number of hydrogen-bond donors (Lipinski definition) is 1. The third-order valence-electron chi connectivity index (χ3n) is 4.14. The van der Waals surface area contributed by atoms with Gasteiger partial charge in [-0.1, -0.05) is 0 Å². The Morgan fingerprint density at radius 2 is 2.20 bits per heavy atom. The van der Waals surface area contributed by atoms with Gasteiger partial charge in [-0.05, 0) is 45.6 Å². The average Bonchev–Trinajstić information content (AvgIpc) is 2.65. The van der Waals surface area contributed by atoms with Crippen molar-refractivity contribution in [3.63, 3.8) is 0 Å². The number of ether oxygens (including phenoxy) is 1. The van der Waals surface area contributed by atoms with Crippen LogP contribution in [-0.4, -0.2) is 42.8 Å². The molecule has 1 aliphatic heterocycles.